The highest BCUT2D eigenvalue weighted by molar-refractivity contribution is 7.19. The van der Waals surface area contributed by atoms with Gasteiger partial charge in [-0.2, -0.15) is 5.10 Å². The smallest absolute Gasteiger partial charge is 0.146 e. The van der Waals surface area contributed by atoms with Crippen molar-refractivity contribution in [3.63, 3.8) is 0 Å². The molecule has 3 aromatic heterocycles. The number of nitrogens with zero attached hydrogens (tertiary/aromatic N) is 6. The molecule has 0 saturated carbocycles. The molecule has 1 saturated heterocycles. The lowest BCUT2D eigenvalue weighted by molar-refractivity contribution is 0.0331. The van der Waals surface area contributed by atoms with Crippen LogP contribution in [-0.4, -0.2) is 58.0 Å². The van der Waals surface area contributed by atoms with Crippen molar-refractivity contribution in [1.82, 2.24) is 24.6 Å². The molecule has 0 bridgehead atoms. The highest BCUT2D eigenvalue weighted by atomic mass is 32.1. The molecule has 0 atom stereocenters. The summed E-state index contributed by atoms with van der Waals surface area (Å²) in [6.07, 6.45) is 8.89. The summed E-state index contributed by atoms with van der Waals surface area (Å²) in [6, 6.07) is 0. The lowest BCUT2D eigenvalue weighted by Crippen LogP contribution is -2.36. The van der Waals surface area contributed by atoms with E-state index in [1.54, 1.807) is 0 Å². The number of fused-ring (bicyclic) bond motifs is 3. The average molecular weight is 413 g/mol. The largest absolute Gasteiger partial charge is 0.379 e. The zero-order valence-electron chi connectivity index (χ0n) is 17.2. The molecule has 7 nitrogen and oxygen atoms in total. The van der Waals surface area contributed by atoms with Gasteiger partial charge >= 0.3 is 0 Å². The van der Waals surface area contributed by atoms with E-state index < -0.39 is 0 Å². The van der Waals surface area contributed by atoms with Crippen LogP contribution in [0.15, 0.2) is 12.4 Å². The van der Waals surface area contributed by atoms with Gasteiger partial charge in [0.25, 0.3) is 0 Å². The number of aryl methyl sites for hydroxylation is 3. The van der Waals surface area contributed by atoms with Crippen molar-refractivity contribution in [1.29, 1.82) is 0 Å². The second-order valence-corrected chi connectivity index (χ2v) is 9.20. The fourth-order valence-corrected chi connectivity index (χ4v) is 5.66. The van der Waals surface area contributed by atoms with Crippen LogP contribution < -0.4 is 4.90 Å². The fraction of sp³-hybridized carbons (Fsp3) is 0.571. The van der Waals surface area contributed by atoms with E-state index >= 15 is 0 Å². The van der Waals surface area contributed by atoms with Gasteiger partial charge in [0.1, 0.15) is 16.5 Å². The third kappa shape index (κ3) is 3.89. The van der Waals surface area contributed by atoms with Crippen LogP contribution in [0.25, 0.3) is 10.2 Å². The van der Waals surface area contributed by atoms with Crippen LogP contribution in [0, 0.1) is 0 Å². The first-order chi connectivity index (χ1) is 14.2. The molecule has 4 heterocycles. The van der Waals surface area contributed by atoms with Gasteiger partial charge in [-0.15, -0.1) is 11.3 Å². The Kier molecular flexibility index (Phi) is 5.24. The average Bonchev–Trinajstić information content (AvgIpc) is 3.30. The van der Waals surface area contributed by atoms with Crippen molar-refractivity contribution in [3.8, 4) is 0 Å². The maximum absolute atomic E-state index is 5.50. The number of morpholine rings is 1. The molecule has 0 N–H and O–H groups in total. The van der Waals surface area contributed by atoms with Gasteiger partial charge in [0, 0.05) is 50.4 Å². The minimum absolute atomic E-state index is 0.787. The maximum Gasteiger partial charge on any atom is 0.146 e. The molecule has 0 amide bonds. The van der Waals surface area contributed by atoms with Crippen molar-refractivity contribution >= 4 is 27.4 Å². The number of aromatic nitrogens is 4. The molecule has 0 unspecified atom stereocenters. The summed E-state index contributed by atoms with van der Waals surface area (Å²) >= 11 is 1.88. The Bertz CT molecular complexity index is 1010. The number of hydrogen-bond acceptors (Lipinski definition) is 7. The molecule has 0 radical (unpaired) electrons. The van der Waals surface area contributed by atoms with Crippen molar-refractivity contribution < 1.29 is 4.74 Å². The Morgan fingerprint density at radius 1 is 1.17 bits per heavy atom. The van der Waals surface area contributed by atoms with Gasteiger partial charge in [-0.1, -0.05) is 0 Å². The summed E-state index contributed by atoms with van der Waals surface area (Å²) in [5.41, 5.74) is 2.68. The van der Waals surface area contributed by atoms with Gasteiger partial charge in [0.15, 0.2) is 0 Å². The Balaban J connectivity index is 1.53. The van der Waals surface area contributed by atoms with Crippen molar-refractivity contribution in [2.24, 2.45) is 7.05 Å². The Morgan fingerprint density at radius 2 is 2.00 bits per heavy atom. The van der Waals surface area contributed by atoms with E-state index in [1.165, 1.54) is 40.7 Å². The van der Waals surface area contributed by atoms with Crippen LogP contribution in [0.5, 0.6) is 0 Å². The molecule has 2 aliphatic rings. The lowest BCUT2D eigenvalue weighted by atomic mass is 9.97. The zero-order valence-corrected chi connectivity index (χ0v) is 18.0. The van der Waals surface area contributed by atoms with E-state index in [-0.39, 0.29) is 0 Å². The molecular weight excluding hydrogens is 384 g/mol. The van der Waals surface area contributed by atoms with E-state index in [1.807, 2.05) is 29.3 Å². The van der Waals surface area contributed by atoms with Crippen LogP contribution in [0.2, 0.25) is 0 Å². The summed E-state index contributed by atoms with van der Waals surface area (Å²) in [5.74, 6) is 1.99. The Hall–Kier alpha value is -2.03. The molecule has 29 heavy (non-hydrogen) atoms. The standard InChI is InChI=1S/C21H28N6OS/c1-25(12-15-11-22-26(2)13-15)20-19-16-5-3-4-6-17(16)29-21(19)24-18(23-20)14-27-7-9-28-10-8-27/h11,13H,3-10,12,14H2,1-2H3. The third-order valence-corrected chi connectivity index (χ3v) is 7.04. The van der Waals surface area contributed by atoms with E-state index in [4.69, 9.17) is 14.7 Å². The first kappa shape index (κ1) is 19.0. The number of ether oxygens (including phenoxy) is 1. The predicted octanol–water partition coefficient (Wildman–Crippen LogP) is 2.77. The van der Waals surface area contributed by atoms with Gasteiger partial charge in [0.05, 0.1) is 31.3 Å². The second-order valence-electron chi connectivity index (χ2n) is 8.12. The zero-order chi connectivity index (χ0) is 19.8. The van der Waals surface area contributed by atoms with E-state index in [0.29, 0.717) is 0 Å². The van der Waals surface area contributed by atoms with Crippen molar-refractivity contribution in [3.05, 3.63) is 34.2 Å². The van der Waals surface area contributed by atoms with E-state index in [2.05, 4.69) is 28.1 Å². The van der Waals surface area contributed by atoms with Crippen LogP contribution in [0.1, 0.15) is 34.7 Å². The molecule has 5 rings (SSSR count). The van der Waals surface area contributed by atoms with Crippen LogP contribution >= 0.6 is 11.3 Å². The third-order valence-electron chi connectivity index (χ3n) is 5.85. The van der Waals surface area contributed by atoms with Crippen LogP contribution in [0.4, 0.5) is 5.82 Å². The Labute approximate surface area is 175 Å². The summed E-state index contributed by atoms with van der Waals surface area (Å²) in [7, 11) is 4.10. The molecule has 154 valence electrons. The normalized spacial score (nSPS) is 17.6. The molecule has 3 aromatic rings. The van der Waals surface area contributed by atoms with E-state index in [9.17, 15) is 0 Å². The maximum atomic E-state index is 5.50. The predicted molar refractivity (Wildman–Crippen MR) is 115 cm³/mol. The Morgan fingerprint density at radius 3 is 2.79 bits per heavy atom. The van der Waals surface area contributed by atoms with E-state index in [0.717, 1.165) is 62.3 Å². The summed E-state index contributed by atoms with van der Waals surface area (Å²) < 4.78 is 7.35. The minimum atomic E-state index is 0.787. The fourth-order valence-electron chi connectivity index (χ4n) is 4.39. The molecule has 1 aliphatic heterocycles. The first-order valence-electron chi connectivity index (χ1n) is 10.5. The van der Waals surface area contributed by atoms with Crippen molar-refractivity contribution in [2.75, 3.05) is 38.3 Å². The molecule has 0 aromatic carbocycles. The van der Waals surface area contributed by atoms with Gasteiger partial charge in [-0.05, 0) is 31.2 Å². The summed E-state index contributed by atoms with van der Waals surface area (Å²) in [4.78, 5) is 17.4. The summed E-state index contributed by atoms with van der Waals surface area (Å²) in [5, 5.41) is 5.60. The molecule has 0 spiro atoms. The van der Waals surface area contributed by atoms with Crippen LogP contribution in [0.3, 0.4) is 0 Å². The number of thiophene rings is 1. The monoisotopic (exact) mass is 412 g/mol. The second kappa shape index (κ2) is 8.01. The quantitative estimate of drug-likeness (QED) is 0.642. The van der Waals surface area contributed by atoms with Gasteiger partial charge < -0.3 is 9.64 Å². The molecule has 8 heteroatoms. The number of rotatable bonds is 5. The lowest BCUT2D eigenvalue weighted by Gasteiger charge is -2.26. The highest BCUT2D eigenvalue weighted by Gasteiger charge is 2.24. The SMILES string of the molecule is CN(Cc1cnn(C)c1)c1nc(CN2CCOCC2)nc2sc3c(c12)CCCC3. The highest BCUT2D eigenvalue weighted by Crippen LogP contribution is 2.39. The molecular formula is C21H28N6OS. The molecule has 1 aliphatic carbocycles. The number of anilines is 1. The summed E-state index contributed by atoms with van der Waals surface area (Å²) in [6.45, 7) is 5.07. The minimum Gasteiger partial charge on any atom is -0.379 e. The molecule has 1 fully saturated rings. The van der Waals surface area contributed by atoms with Crippen molar-refractivity contribution in [2.45, 2.75) is 38.8 Å². The first-order valence-corrected chi connectivity index (χ1v) is 11.3. The van der Waals surface area contributed by atoms with Gasteiger partial charge in [-0.25, -0.2) is 9.97 Å². The topological polar surface area (TPSA) is 59.3 Å². The number of hydrogen-bond donors (Lipinski definition) is 0. The van der Waals surface area contributed by atoms with Crippen LogP contribution in [-0.2, 0) is 37.7 Å². The van der Waals surface area contributed by atoms with Gasteiger partial charge in [0.2, 0.25) is 0 Å². The van der Waals surface area contributed by atoms with Gasteiger partial charge in [-0.3, -0.25) is 9.58 Å².